The molecular formula is C21H20N2O2. The summed E-state index contributed by atoms with van der Waals surface area (Å²) in [5.74, 6) is 0.639. The van der Waals surface area contributed by atoms with Crippen LogP contribution in [0.3, 0.4) is 0 Å². The number of para-hydroxylation sites is 1. The number of hydrogen-bond acceptors (Lipinski definition) is 3. The van der Waals surface area contributed by atoms with Crippen LogP contribution in [0.5, 0.6) is 0 Å². The van der Waals surface area contributed by atoms with E-state index in [2.05, 4.69) is 24.0 Å². The minimum atomic E-state index is -0.0734. The molecule has 2 heterocycles. The smallest absolute Gasteiger partial charge is 0.280 e. The Hall–Kier alpha value is -2.88. The van der Waals surface area contributed by atoms with Gasteiger partial charge in [0.25, 0.3) is 5.56 Å². The van der Waals surface area contributed by atoms with Gasteiger partial charge in [0.15, 0.2) is 17.0 Å². The van der Waals surface area contributed by atoms with Crippen molar-refractivity contribution in [1.82, 2.24) is 9.55 Å². The lowest BCUT2D eigenvalue weighted by molar-refractivity contribution is 0.527. The van der Waals surface area contributed by atoms with Crippen molar-refractivity contribution in [2.45, 2.75) is 32.7 Å². The molecule has 0 saturated heterocycles. The van der Waals surface area contributed by atoms with Gasteiger partial charge in [-0.25, -0.2) is 4.98 Å². The maximum atomic E-state index is 13.0. The van der Waals surface area contributed by atoms with Gasteiger partial charge in [-0.1, -0.05) is 49.4 Å². The number of hydrogen-bond donors (Lipinski definition) is 0. The number of fused-ring (bicyclic) bond motifs is 3. The van der Waals surface area contributed by atoms with Crippen molar-refractivity contribution < 1.29 is 4.42 Å². The van der Waals surface area contributed by atoms with Crippen LogP contribution in [0.25, 0.3) is 22.0 Å². The molecule has 0 atom stereocenters. The molecule has 0 bridgehead atoms. The highest BCUT2D eigenvalue weighted by atomic mass is 16.3. The van der Waals surface area contributed by atoms with Gasteiger partial charge in [0.1, 0.15) is 0 Å². The Morgan fingerprint density at radius 1 is 1.00 bits per heavy atom. The van der Waals surface area contributed by atoms with E-state index in [1.54, 1.807) is 0 Å². The first-order valence-electron chi connectivity index (χ1n) is 8.73. The van der Waals surface area contributed by atoms with Gasteiger partial charge in [-0.15, -0.1) is 0 Å². The first kappa shape index (κ1) is 15.6. The predicted octanol–water partition coefficient (Wildman–Crippen LogP) is 4.34. The van der Waals surface area contributed by atoms with Crippen molar-refractivity contribution in [3.05, 3.63) is 76.4 Å². The predicted molar refractivity (Wildman–Crippen MR) is 99.9 cm³/mol. The summed E-state index contributed by atoms with van der Waals surface area (Å²) in [6.45, 7) is 2.69. The van der Waals surface area contributed by atoms with Gasteiger partial charge >= 0.3 is 0 Å². The van der Waals surface area contributed by atoms with Gasteiger partial charge in [-0.3, -0.25) is 4.79 Å². The average Bonchev–Trinajstić information content (AvgIpc) is 3.07. The van der Waals surface area contributed by atoms with Crippen LogP contribution in [0, 0.1) is 0 Å². The fraction of sp³-hybridized carbons (Fsp3) is 0.238. The quantitative estimate of drug-likeness (QED) is 0.546. The van der Waals surface area contributed by atoms with Crippen molar-refractivity contribution in [2.24, 2.45) is 0 Å². The van der Waals surface area contributed by atoms with E-state index in [4.69, 9.17) is 4.42 Å². The minimum absolute atomic E-state index is 0.0734. The number of aryl methyl sites for hydroxylation is 3. The molecule has 0 radical (unpaired) electrons. The second kappa shape index (κ2) is 6.55. The zero-order valence-corrected chi connectivity index (χ0v) is 14.2. The van der Waals surface area contributed by atoms with Crippen molar-refractivity contribution in [2.75, 3.05) is 0 Å². The second-order valence-electron chi connectivity index (χ2n) is 6.24. The summed E-state index contributed by atoms with van der Waals surface area (Å²) in [7, 11) is 0. The zero-order valence-electron chi connectivity index (χ0n) is 14.2. The van der Waals surface area contributed by atoms with E-state index < -0.39 is 0 Å². The molecule has 0 unspecified atom stereocenters. The fourth-order valence-electron chi connectivity index (χ4n) is 3.26. The van der Waals surface area contributed by atoms with E-state index >= 15 is 0 Å². The lowest BCUT2D eigenvalue weighted by atomic mass is 10.1. The van der Waals surface area contributed by atoms with Crippen LogP contribution in [0.4, 0.5) is 0 Å². The third-order valence-corrected chi connectivity index (χ3v) is 4.49. The summed E-state index contributed by atoms with van der Waals surface area (Å²) >= 11 is 0. The SMILES string of the molecule is CCCc1nc2c(=O)n(CCc3ccccc3)c3ccccc3c2o1. The number of aromatic nitrogens is 2. The highest BCUT2D eigenvalue weighted by molar-refractivity contribution is 6.00. The minimum Gasteiger partial charge on any atom is -0.440 e. The number of nitrogens with zero attached hydrogens (tertiary/aromatic N) is 2. The van der Waals surface area contributed by atoms with Gasteiger partial charge in [0.2, 0.25) is 0 Å². The Labute approximate surface area is 145 Å². The second-order valence-corrected chi connectivity index (χ2v) is 6.24. The Bertz CT molecular complexity index is 1080. The van der Waals surface area contributed by atoms with Crippen LogP contribution in [0.2, 0.25) is 0 Å². The topological polar surface area (TPSA) is 48.0 Å². The first-order valence-corrected chi connectivity index (χ1v) is 8.73. The summed E-state index contributed by atoms with van der Waals surface area (Å²) < 4.78 is 7.72. The van der Waals surface area contributed by atoms with E-state index in [1.165, 1.54) is 5.56 Å². The molecule has 4 heteroatoms. The van der Waals surface area contributed by atoms with E-state index in [-0.39, 0.29) is 5.56 Å². The highest BCUT2D eigenvalue weighted by Crippen LogP contribution is 2.24. The van der Waals surface area contributed by atoms with E-state index in [9.17, 15) is 4.79 Å². The summed E-state index contributed by atoms with van der Waals surface area (Å²) in [4.78, 5) is 17.5. The van der Waals surface area contributed by atoms with Crippen LogP contribution in [-0.4, -0.2) is 9.55 Å². The molecule has 0 aliphatic heterocycles. The highest BCUT2D eigenvalue weighted by Gasteiger charge is 2.16. The normalized spacial score (nSPS) is 11.4. The van der Waals surface area contributed by atoms with Gasteiger partial charge in [-0.2, -0.15) is 0 Å². The Balaban J connectivity index is 1.86. The molecule has 0 saturated carbocycles. The summed E-state index contributed by atoms with van der Waals surface area (Å²) in [6, 6.07) is 18.1. The van der Waals surface area contributed by atoms with Crippen LogP contribution < -0.4 is 5.56 Å². The lowest BCUT2D eigenvalue weighted by Gasteiger charge is -2.10. The number of pyridine rings is 1. The van der Waals surface area contributed by atoms with Crippen LogP contribution in [0.15, 0.2) is 63.8 Å². The summed E-state index contributed by atoms with van der Waals surface area (Å²) in [5.41, 5.74) is 3.09. The summed E-state index contributed by atoms with van der Waals surface area (Å²) in [6.07, 6.45) is 2.48. The van der Waals surface area contributed by atoms with Crippen molar-refractivity contribution in [3.8, 4) is 0 Å². The molecule has 0 aliphatic carbocycles. The molecule has 126 valence electrons. The molecule has 4 aromatic rings. The largest absolute Gasteiger partial charge is 0.440 e. The molecule has 0 N–H and O–H groups in total. The van der Waals surface area contributed by atoms with Gasteiger partial charge in [-0.05, 0) is 30.5 Å². The molecular weight excluding hydrogens is 312 g/mol. The zero-order chi connectivity index (χ0) is 17.2. The molecule has 0 amide bonds. The van der Waals surface area contributed by atoms with Crippen molar-refractivity contribution in [1.29, 1.82) is 0 Å². The third-order valence-electron chi connectivity index (χ3n) is 4.49. The standard InChI is InChI=1S/C21H20N2O2/c1-2-8-18-22-19-20(25-18)16-11-6-7-12-17(16)23(21(19)24)14-13-15-9-4-3-5-10-15/h3-7,9-12H,2,8,13-14H2,1H3. The first-order chi connectivity index (χ1) is 12.3. The number of benzene rings is 2. The molecule has 4 nitrogen and oxygen atoms in total. The number of oxazole rings is 1. The monoisotopic (exact) mass is 332 g/mol. The van der Waals surface area contributed by atoms with E-state index in [0.29, 0.717) is 23.5 Å². The van der Waals surface area contributed by atoms with Crippen LogP contribution >= 0.6 is 0 Å². The molecule has 2 aromatic heterocycles. The lowest BCUT2D eigenvalue weighted by Crippen LogP contribution is -2.22. The Kier molecular flexibility index (Phi) is 4.10. The van der Waals surface area contributed by atoms with Gasteiger partial charge in [0, 0.05) is 18.4 Å². The van der Waals surface area contributed by atoms with Gasteiger partial charge in [0.05, 0.1) is 5.52 Å². The Morgan fingerprint density at radius 2 is 1.76 bits per heavy atom. The van der Waals surface area contributed by atoms with Crippen molar-refractivity contribution >= 4 is 22.0 Å². The van der Waals surface area contributed by atoms with Crippen LogP contribution in [0.1, 0.15) is 24.8 Å². The maximum absolute atomic E-state index is 13.0. The third kappa shape index (κ3) is 2.84. The van der Waals surface area contributed by atoms with Crippen LogP contribution in [-0.2, 0) is 19.4 Å². The average molecular weight is 332 g/mol. The molecule has 0 fully saturated rings. The molecule has 25 heavy (non-hydrogen) atoms. The van der Waals surface area contributed by atoms with E-state index in [1.807, 2.05) is 47.0 Å². The fourth-order valence-corrected chi connectivity index (χ4v) is 3.26. The molecule has 2 aromatic carbocycles. The molecule has 4 rings (SSSR count). The molecule has 0 aliphatic rings. The number of rotatable bonds is 5. The van der Waals surface area contributed by atoms with Gasteiger partial charge < -0.3 is 8.98 Å². The molecule has 0 spiro atoms. The summed E-state index contributed by atoms with van der Waals surface area (Å²) in [5, 5.41) is 0.944. The van der Waals surface area contributed by atoms with Crippen molar-refractivity contribution in [3.63, 3.8) is 0 Å². The van der Waals surface area contributed by atoms with E-state index in [0.717, 1.165) is 30.2 Å². The maximum Gasteiger partial charge on any atom is 0.280 e. The Morgan fingerprint density at radius 3 is 2.56 bits per heavy atom.